The first-order valence-corrected chi connectivity index (χ1v) is 6.11. The molecule has 1 aliphatic carbocycles. The molecule has 3 nitrogen and oxygen atoms in total. The summed E-state index contributed by atoms with van der Waals surface area (Å²) in [6.07, 6.45) is 1.07. The molecule has 1 aliphatic heterocycles. The summed E-state index contributed by atoms with van der Waals surface area (Å²) in [6, 6.07) is 6.66. The number of nitrogens with two attached hydrogens (primary N) is 1. The van der Waals surface area contributed by atoms with Crippen molar-refractivity contribution < 1.29 is 4.79 Å². The molecule has 3 rings (SSSR count). The smallest absolute Gasteiger partial charge is 0.236 e. The third-order valence-corrected chi connectivity index (χ3v) is 4.16. The van der Waals surface area contributed by atoms with E-state index in [-0.39, 0.29) is 5.91 Å². The molecule has 0 bridgehead atoms. The minimum atomic E-state index is -0.404. The fourth-order valence-electron chi connectivity index (χ4n) is 2.82. The summed E-state index contributed by atoms with van der Waals surface area (Å²) >= 11 is 0. The highest BCUT2D eigenvalue weighted by molar-refractivity contribution is 6.07. The zero-order valence-corrected chi connectivity index (χ0v) is 10.5. The maximum atomic E-state index is 12.1. The fraction of sp³-hybridized carbons (Fsp3) is 0.500. The second-order valence-corrected chi connectivity index (χ2v) is 5.77. The molecule has 1 saturated carbocycles. The Labute approximate surface area is 102 Å². The lowest BCUT2D eigenvalue weighted by atomic mass is 9.85. The molecule has 2 N–H and O–H groups in total. The molecule has 1 aromatic rings. The van der Waals surface area contributed by atoms with Crippen LogP contribution in [0.5, 0.6) is 0 Å². The number of hydrogen-bond donors (Lipinski definition) is 1. The first kappa shape index (κ1) is 10.8. The Bertz CT molecular complexity index is 507. The molecule has 0 aromatic heterocycles. The summed E-state index contributed by atoms with van der Waals surface area (Å²) in [7, 11) is 1.85. The van der Waals surface area contributed by atoms with Gasteiger partial charge in [-0.1, -0.05) is 12.1 Å². The monoisotopic (exact) mass is 230 g/mol. The third kappa shape index (κ3) is 1.35. The molecule has 2 unspecified atom stereocenters. The lowest BCUT2D eigenvalue weighted by Gasteiger charge is -2.16. The van der Waals surface area contributed by atoms with E-state index in [2.05, 4.69) is 18.2 Å². The van der Waals surface area contributed by atoms with Gasteiger partial charge in [0.25, 0.3) is 0 Å². The van der Waals surface area contributed by atoms with E-state index in [1.807, 2.05) is 20.9 Å². The van der Waals surface area contributed by atoms with Gasteiger partial charge >= 0.3 is 0 Å². The number of amides is 1. The Kier molecular flexibility index (Phi) is 1.97. The molecule has 90 valence electrons. The third-order valence-electron chi connectivity index (χ3n) is 4.16. The summed E-state index contributed by atoms with van der Waals surface area (Å²) in [5, 5.41) is 0. The van der Waals surface area contributed by atoms with Crippen LogP contribution in [0.1, 0.15) is 37.3 Å². The van der Waals surface area contributed by atoms with Gasteiger partial charge in [-0.15, -0.1) is 0 Å². The van der Waals surface area contributed by atoms with Crippen LogP contribution in [0, 0.1) is 0 Å². The highest BCUT2D eigenvalue weighted by Gasteiger charge is 2.43. The van der Waals surface area contributed by atoms with Crippen molar-refractivity contribution in [3.8, 4) is 0 Å². The van der Waals surface area contributed by atoms with Crippen molar-refractivity contribution in [2.45, 2.75) is 37.6 Å². The van der Waals surface area contributed by atoms with E-state index in [4.69, 9.17) is 5.73 Å². The number of likely N-dealkylation sites (N-methyl/N-ethyl adjacent to an activating group) is 1. The molecule has 1 heterocycles. The van der Waals surface area contributed by atoms with Gasteiger partial charge < -0.3 is 10.6 Å². The molecule has 0 saturated heterocycles. The van der Waals surface area contributed by atoms with Crippen LogP contribution < -0.4 is 10.6 Å². The van der Waals surface area contributed by atoms with E-state index in [0.717, 1.165) is 17.7 Å². The SMILES string of the molecule is CN1C(=O)C(C)(C)c2cc(C3CC3N)ccc21. The molecule has 1 fully saturated rings. The van der Waals surface area contributed by atoms with Crippen molar-refractivity contribution in [3.05, 3.63) is 29.3 Å². The van der Waals surface area contributed by atoms with Gasteiger partial charge in [-0.3, -0.25) is 4.79 Å². The first-order chi connectivity index (χ1) is 7.93. The first-order valence-electron chi connectivity index (χ1n) is 6.11. The largest absolute Gasteiger partial charge is 0.327 e. The topological polar surface area (TPSA) is 46.3 Å². The van der Waals surface area contributed by atoms with Crippen LogP contribution in [-0.4, -0.2) is 19.0 Å². The quantitative estimate of drug-likeness (QED) is 0.799. The number of carbonyl (C=O) groups is 1. The number of carbonyl (C=O) groups excluding carboxylic acids is 1. The van der Waals surface area contributed by atoms with E-state index < -0.39 is 5.41 Å². The zero-order chi connectivity index (χ0) is 12.4. The van der Waals surface area contributed by atoms with Gasteiger partial charge in [0.1, 0.15) is 0 Å². The predicted molar refractivity (Wildman–Crippen MR) is 68.2 cm³/mol. The molecule has 2 aliphatic rings. The lowest BCUT2D eigenvalue weighted by Crippen LogP contribution is -2.33. The summed E-state index contributed by atoms with van der Waals surface area (Å²) < 4.78 is 0. The summed E-state index contributed by atoms with van der Waals surface area (Å²) in [5.41, 5.74) is 8.95. The van der Waals surface area contributed by atoms with Crippen LogP contribution in [0.4, 0.5) is 5.69 Å². The number of hydrogen-bond acceptors (Lipinski definition) is 2. The Morgan fingerprint density at radius 3 is 2.65 bits per heavy atom. The molecule has 3 heteroatoms. The molecule has 2 atom stereocenters. The number of rotatable bonds is 1. The fourth-order valence-corrected chi connectivity index (χ4v) is 2.82. The van der Waals surface area contributed by atoms with Gasteiger partial charge in [-0.2, -0.15) is 0 Å². The van der Waals surface area contributed by atoms with Crippen molar-refractivity contribution in [3.63, 3.8) is 0 Å². The van der Waals surface area contributed by atoms with Crippen molar-refractivity contribution in [1.29, 1.82) is 0 Å². The normalized spacial score (nSPS) is 29.4. The van der Waals surface area contributed by atoms with Crippen LogP contribution >= 0.6 is 0 Å². The number of anilines is 1. The van der Waals surface area contributed by atoms with Crippen LogP contribution in [-0.2, 0) is 10.2 Å². The van der Waals surface area contributed by atoms with Gasteiger partial charge in [-0.05, 0) is 37.5 Å². The zero-order valence-electron chi connectivity index (χ0n) is 10.5. The Morgan fingerprint density at radius 2 is 2.06 bits per heavy atom. The van der Waals surface area contributed by atoms with Gasteiger partial charge in [0.05, 0.1) is 5.41 Å². The van der Waals surface area contributed by atoms with E-state index in [0.29, 0.717) is 12.0 Å². The minimum Gasteiger partial charge on any atom is -0.327 e. The molecule has 0 radical (unpaired) electrons. The standard InChI is InChI=1S/C14H18N2O/c1-14(2)10-6-8(9-7-11(9)15)4-5-12(10)16(3)13(14)17/h4-6,9,11H,7,15H2,1-3H3. The lowest BCUT2D eigenvalue weighted by molar-refractivity contribution is -0.121. The van der Waals surface area contributed by atoms with Crippen molar-refractivity contribution in [1.82, 2.24) is 0 Å². The van der Waals surface area contributed by atoms with E-state index in [9.17, 15) is 4.79 Å². The number of fused-ring (bicyclic) bond motifs is 1. The highest BCUT2D eigenvalue weighted by Crippen LogP contribution is 2.45. The summed E-state index contributed by atoms with van der Waals surface area (Å²) in [4.78, 5) is 13.9. The number of benzene rings is 1. The van der Waals surface area contributed by atoms with E-state index >= 15 is 0 Å². The van der Waals surface area contributed by atoms with Crippen molar-refractivity contribution in [2.24, 2.45) is 5.73 Å². The van der Waals surface area contributed by atoms with Crippen LogP contribution in [0.2, 0.25) is 0 Å². The maximum Gasteiger partial charge on any atom is 0.236 e. The average molecular weight is 230 g/mol. The van der Waals surface area contributed by atoms with Crippen LogP contribution in [0.15, 0.2) is 18.2 Å². The molecule has 17 heavy (non-hydrogen) atoms. The van der Waals surface area contributed by atoms with Gasteiger partial charge in [0.15, 0.2) is 0 Å². The van der Waals surface area contributed by atoms with Gasteiger partial charge in [0.2, 0.25) is 5.91 Å². The molecule has 1 aromatic carbocycles. The van der Waals surface area contributed by atoms with Gasteiger partial charge in [0, 0.05) is 24.7 Å². The Balaban J connectivity index is 2.10. The molecule has 0 spiro atoms. The average Bonchev–Trinajstić information content (AvgIpc) is 3.00. The van der Waals surface area contributed by atoms with Crippen molar-refractivity contribution in [2.75, 3.05) is 11.9 Å². The van der Waals surface area contributed by atoms with E-state index in [1.54, 1.807) is 4.90 Å². The Hall–Kier alpha value is -1.35. The predicted octanol–water partition coefficient (Wildman–Crippen LogP) is 1.76. The Morgan fingerprint density at radius 1 is 1.41 bits per heavy atom. The van der Waals surface area contributed by atoms with E-state index in [1.165, 1.54) is 5.56 Å². The molecular weight excluding hydrogens is 212 g/mol. The summed E-state index contributed by atoms with van der Waals surface area (Å²) in [6.45, 7) is 3.99. The second-order valence-electron chi connectivity index (χ2n) is 5.77. The highest BCUT2D eigenvalue weighted by atomic mass is 16.2. The summed E-state index contributed by atoms with van der Waals surface area (Å²) in [5.74, 6) is 0.668. The van der Waals surface area contributed by atoms with Crippen molar-refractivity contribution >= 4 is 11.6 Å². The number of nitrogens with zero attached hydrogens (tertiary/aromatic N) is 1. The second kappa shape index (κ2) is 3.10. The van der Waals surface area contributed by atoms with Gasteiger partial charge in [-0.25, -0.2) is 0 Å². The van der Waals surface area contributed by atoms with Crippen LogP contribution in [0.3, 0.4) is 0 Å². The molecule has 1 amide bonds. The minimum absolute atomic E-state index is 0.171. The van der Waals surface area contributed by atoms with Crippen LogP contribution in [0.25, 0.3) is 0 Å². The molecular formula is C14H18N2O. The maximum absolute atomic E-state index is 12.1.